The molecule has 0 aliphatic rings. The highest BCUT2D eigenvalue weighted by molar-refractivity contribution is 7.09. The maximum atomic E-state index is 11.3. The molecular weight excluding hydrogens is 186 g/mol. The zero-order valence-corrected chi connectivity index (χ0v) is 8.30. The first-order chi connectivity index (χ1) is 6.24. The van der Waals surface area contributed by atoms with Gasteiger partial charge in [0.2, 0.25) is 5.91 Å². The standard InChI is InChI=1S/C8H13N3OS/c1-6(2-9)8(12)11-4-7-3-10-5-13-7/h3,5-6H,2,4,9H2,1H3,(H,11,12). The molecule has 1 aromatic rings. The fraction of sp³-hybridized carbons (Fsp3) is 0.500. The Morgan fingerprint density at radius 2 is 2.62 bits per heavy atom. The smallest absolute Gasteiger partial charge is 0.224 e. The molecule has 1 heterocycles. The molecule has 0 saturated carbocycles. The molecule has 0 bridgehead atoms. The number of amides is 1. The zero-order valence-electron chi connectivity index (χ0n) is 7.49. The molecule has 0 aliphatic heterocycles. The number of hydrogen-bond acceptors (Lipinski definition) is 4. The van der Waals surface area contributed by atoms with E-state index in [0.29, 0.717) is 13.1 Å². The summed E-state index contributed by atoms with van der Waals surface area (Å²) < 4.78 is 0. The van der Waals surface area contributed by atoms with Gasteiger partial charge < -0.3 is 11.1 Å². The predicted octanol–water partition coefficient (Wildman–Crippen LogP) is 0.354. The third kappa shape index (κ3) is 3.12. The Kier molecular flexibility index (Phi) is 3.85. The summed E-state index contributed by atoms with van der Waals surface area (Å²) in [6.45, 7) is 2.74. The van der Waals surface area contributed by atoms with E-state index in [1.165, 1.54) is 11.3 Å². The molecule has 0 saturated heterocycles. The molecule has 3 N–H and O–H groups in total. The summed E-state index contributed by atoms with van der Waals surface area (Å²) in [6, 6.07) is 0. The summed E-state index contributed by atoms with van der Waals surface area (Å²) in [7, 11) is 0. The van der Waals surface area contributed by atoms with Crippen molar-refractivity contribution in [3.8, 4) is 0 Å². The van der Waals surface area contributed by atoms with Crippen molar-refractivity contribution in [3.63, 3.8) is 0 Å². The van der Waals surface area contributed by atoms with Crippen LogP contribution in [0.1, 0.15) is 11.8 Å². The van der Waals surface area contributed by atoms with Crippen molar-refractivity contribution < 1.29 is 4.79 Å². The molecule has 1 aromatic heterocycles. The van der Waals surface area contributed by atoms with Crippen LogP contribution >= 0.6 is 11.3 Å². The Labute approximate surface area is 81.2 Å². The van der Waals surface area contributed by atoms with E-state index in [4.69, 9.17) is 5.73 Å². The van der Waals surface area contributed by atoms with E-state index < -0.39 is 0 Å². The van der Waals surface area contributed by atoms with Crippen LogP contribution in [0.15, 0.2) is 11.7 Å². The summed E-state index contributed by atoms with van der Waals surface area (Å²) in [6.07, 6.45) is 1.75. The molecule has 13 heavy (non-hydrogen) atoms. The Bertz CT molecular complexity index is 260. The number of nitrogens with one attached hydrogen (secondary N) is 1. The van der Waals surface area contributed by atoms with Crippen LogP contribution < -0.4 is 11.1 Å². The van der Waals surface area contributed by atoms with E-state index in [0.717, 1.165) is 4.88 Å². The van der Waals surface area contributed by atoms with Crippen molar-refractivity contribution in [2.24, 2.45) is 11.7 Å². The maximum Gasteiger partial charge on any atom is 0.224 e. The van der Waals surface area contributed by atoms with Gasteiger partial charge in [-0.15, -0.1) is 11.3 Å². The number of carbonyl (C=O) groups excluding carboxylic acids is 1. The summed E-state index contributed by atoms with van der Waals surface area (Å²) in [5.74, 6) is -0.121. The number of hydrogen-bond donors (Lipinski definition) is 2. The third-order valence-electron chi connectivity index (χ3n) is 1.72. The fourth-order valence-corrected chi connectivity index (χ4v) is 1.32. The van der Waals surface area contributed by atoms with E-state index in [9.17, 15) is 4.79 Å². The van der Waals surface area contributed by atoms with Crippen molar-refractivity contribution in [2.45, 2.75) is 13.5 Å². The first kappa shape index (κ1) is 10.1. The average molecular weight is 199 g/mol. The van der Waals surface area contributed by atoms with Gasteiger partial charge in [-0.3, -0.25) is 9.78 Å². The summed E-state index contributed by atoms with van der Waals surface area (Å²) >= 11 is 1.53. The minimum absolute atomic E-state index is 0.00380. The molecule has 72 valence electrons. The first-order valence-corrected chi connectivity index (χ1v) is 4.97. The molecule has 0 fully saturated rings. The minimum Gasteiger partial charge on any atom is -0.351 e. The number of aromatic nitrogens is 1. The van der Waals surface area contributed by atoms with Gasteiger partial charge >= 0.3 is 0 Å². The van der Waals surface area contributed by atoms with Crippen LogP contribution in [0.2, 0.25) is 0 Å². The van der Waals surface area contributed by atoms with E-state index in [2.05, 4.69) is 10.3 Å². The zero-order chi connectivity index (χ0) is 9.68. The minimum atomic E-state index is -0.118. The number of nitrogens with two attached hydrogens (primary N) is 1. The molecule has 1 unspecified atom stereocenters. The van der Waals surface area contributed by atoms with Crippen molar-refractivity contribution in [3.05, 3.63) is 16.6 Å². The van der Waals surface area contributed by atoms with Gasteiger partial charge in [0.05, 0.1) is 12.1 Å². The van der Waals surface area contributed by atoms with Gasteiger partial charge in [-0.2, -0.15) is 0 Å². The Hall–Kier alpha value is -0.940. The lowest BCUT2D eigenvalue weighted by Crippen LogP contribution is -2.32. The molecule has 1 amide bonds. The Morgan fingerprint density at radius 3 is 3.15 bits per heavy atom. The largest absolute Gasteiger partial charge is 0.351 e. The molecule has 1 atom stereocenters. The van der Waals surface area contributed by atoms with E-state index >= 15 is 0 Å². The molecular formula is C8H13N3OS. The molecule has 5 heteroatoms. The Morgan fingerprint density at radius 1 is 1.85 bits per heavy atom. The second-order valence-corrected chi connectivity index (χ2v) is 3.79. The van der Waals surface area contributed by atoms with Crippen LogP contribution in [0.5, 0.6) is 0 Å². The van der Waals surface area contributed by atoms with Crippen LogP contribution in [0.4, 0.5) is 0 Å². The van der Waals surface area contributed by atoms with Gasteiger partial charge in [0.15, 0.2) is 0 Å². The van der Waals surface area contributed by atoms with Gasteiger partial charge in [-0.05, 0) is 0 Å². The van der Waals surface area contributed by atoms with Crippen LogP contribution in [-0.4, -0.2) is 17.4 Å². The number of nitrogens with zero attached hydrogens (tertiary/aromatic N) is 1. The topological polar surface area (TPSA) is 68.0 Å². The van der Waals surface area contributed by atoms with Gasteiger partial charge in [-0.25, -0.2) is 0 Å². The summed E-state index contributed by atoms with van der Waals surface area (Å²) in [5.41, 5.74) is 7.10. The molecule has 0 aromatic carbocycles. The van der Waals surface area contributed by atoms with E-state index in [-0.39, 0.29) is 11.8 Å². The molecule has 4 nitrogen and oxygen atoms in total. The highest BCUT2D eigenvalue weighted by atomic mass is 32.1. The van der Waals surface area contributed by atoms with Crippen molar-refractivity contribution in [2.75, 3.05) is 6.54 Å². The fourth-order valence-electron chi connectivity index (χ4n) is 0.785. The maximum absolute atomic E-state index is 11.3. The van der Waals surface area contributed by atoms with Gasteiger partial charge in [0.1, 0.15) is 0 Å². The van der Waals surface area contributed by atoms with E-state index in [1.54, 1.807) is 11.7 Å². The lowest BCUT2D eigenvalue weighted by molar-refractivity contribution is -0.124. The summed E-state index contributed by atoms with van der Waals surface area (Å²) in [5, 5.41) is 2.79. The van der Waals surface area contributed by atoms with Crippen molar-refractivity contribution in [1.82, 2.24) is 10.3 Å². The molecule has 1 rings (SSSR count). The molecule has 0 radical (unpaired) electrons. The number of thiazole rings is 1. The number of rotatable bonds is 4. The van der Waals surface area contributed by atoms with E-state index in [1.807, 2.05) is 6.92 Å². The van der Waals surface area contributed by atoms with Gasteiger partial charge in [0.25, 0.3) is 0 Å². The highest BCUT2D eigenvalue weighted by Gasteiger charge is 2.09. The highest BCUT2D eigenvalue weighted by Crippen LogP contribution is 2.04. The van der Waals surface area contributed by atoms with Gasteiger partial charge in [0, 0.05) is 23.5 Å². The van der Waals surface area contributed by atoms with Crippen LogP contribution in [0, 0.1) is 5.92 Å². The second-order valence-electron chi connectivity index (χ2n) is 2.82. The van der Waals surface area contributed by atoms with Gasteiger partial charge in [-0.1, -0.05) is 6.92 Å². The monoisotopic (exact) mass is 199 g/mol. The van der Waals surface area contributed by atoms with Crippen LogP contribution in [0.25, 0.3) is 0 Å². The van der Waals surface area contributed by atoms with Crippen molar-refractivity contribution >= 4 is 17.2 Å². The Balaban J connectivity index is 2.31. The van der Waals surface area contributed by atoms with Crippen molar-refractivity contribution in [1.29, 1.82) is 0 Å². The lowest BCUT2D eigenvalue weighted by Gasteiger charge is -2.08. The predicted molar refractivity (Wildman–Crippen MR) is 52.2 cm³/mol. The summed E-state index contributed by atoms with van der Waals surface area (Å²) in [4.78, 5) is 16.2. The SMILES string of the molecule is CC(CN)C(=O)NCc1cncs1. The van der Waals surface area contributed by atoms with Crippen LogP contribution in [-0.2, 0) is 11.3 Å². The quantitative estimate of drug-likeness (QED) is 0.735. The number of carbonyl (C=O) groups is 1. The third-order valence-corrected chi connectivity index (χ3v) is 2.50. The molecule has 0 spiro atoms. The first-order valence-electron chi connectivity index (χ1n) is 4.09. The second kappa shape index (κ2) is 4.94. The van der Waals surface area contributed by atoms with Crippen LogP contribution in [0.3, 0.4) is 0 Å². The molecule has 0 aliphatic carbocycles. The lowest BCUT2D eigenvalue weighted by atomic mass is 10.2. The normalized spacial score (nSPS) is 12.5. The average Bonchev–Trinajstić information content (AvgIpc) is 2.65.